The molecule has 0 aromatic heterocycles. The third-order valence-electron chi connectivity index (χ3n) is 6.28. The summed E-state index contributed by atoms with van der Waals surface area (Å²) in [5.41, 5.74) is 1.99. The number of allylic oxidation sites excluding steroid dienone is 2. The van der Waals surface area contributed by atoms with Gasteiger partial charge >= 0.3 is 0 Å². The van der Waals surface area contributed by atoms with Gasteiger partial charge in [-0.15, -0.1) is 0 Å². The first kappa shape index (κ1) is 18.3. The third-order valence-corrected chi connectivity index (χ3v) is 6.28. The SMILES string of the molecule is C/C=C/[C@@H]1CC[C@H]2c3cc(F)cc(F)c3CC[C@@H]2[C@H]1c1cc(F)cc(F)c1. The van der Waals surface area contributed by atoms with Crippen molar-refractivity contribution in [1.29, 1.82) is 0 Å². The maximum absolute atomic E-state index is 14.3. The summed E-state index contributed by atoms with van der Waals surface area (Å²) in [6.45, 7) is 1.94. The number of halogens is 4. The molecule has 142 valence electrons. The van der Waals surface area contributed by atoms with Crippen LogP contribution in [0.3, 0.4) is 0 Å². The standard InChI is InChI=1S/C23H22F4/c1-2-3-13-4-5-18-20(23(13)14-8-15(24)10-16(25)9-14)7-6-19-21(18)11-17(26)12-22(19)27/h2-3,8-13,18,20,23H,4-7H2,1H3/b3-2+/t13-,18-,20+,23-/m1/s1. The average molecular weight is 374 g/mol. The molecular weight excluding hydrogens is 352 g/mol. The summed E-state index contributed by atoms with van der Waals surface area (Å²) in [6.07, 6.45) is 6.99. The Bertz CT molecular complexity index is 866. The second kappa shape index (κ2) is 7.14. The zero-order valence-electron chi connectivity index (χ0n) is 15.2. The third kappa shape index (κ3) is 3.30. The molecule has 0 N–H and O–H groups in total. The van der Waals surface area contributed by atoms with E-state index in [0.717, 1.165) is 37.0 Å². The van der Waals surface area contributed by atoms with Crippen LogP contribution in [-0.4, -0.2) is 0 Å². The fourth-order valence-electron chi connectivity index (χ4n) is 5.35. The van der Waals surface area contributed by atoms with Gasteiger partial charge in [-0.2, -0.15) is 0 Å². The molecule has 1 saturated carbocycles. The van der Waals surface area contributed by atoms with E-state index in [-0.39, 0.29) is 23.7 Å². The fourth-order valence-corrected chi connectivity index (χ4v) is 5.35. The van der Waals surface area contributed by atoms with Crippen molar-refractivity contribution < 1.29 is 17.6 Å². The van der Waals surface area contributed by atoms with Crippen molar-refractivity contribution in [2.75, 3.05) is 0 Å². The summed E-state index contributed by atoms with van der Waals surface area (Å²) < 4.78 is 56.0. The summed E-state index contributed by atoms with van der Waals surface area (Å²) in [5.74, 6) is -1.99. The lowest BCUT2D eigenvalue weighted by atomic mass is 9.58. The molecule has 1 fully saturated rings. The molecule has 0 bridgehead atoms. The van der Waals surface area contributed by atoms with Crippen molar-refractivity contribution in [3.63, 3.8) is 0 Å². The van der Waals surface area contributed by atoms with Gasteiger partial charge < -0.3 is 0 Å². The van der Waals surface area contributed by atoms with Crippen molar-refractivity contribution in [3.05, 3.63) is 82.4 Å². The van der Waals surface area contributed by atoms with E-state index in [9.17, 15) is 17.6 Å². The van der Waals surface area contributed by atoms with Gasteiger partial charge in [0, 0.05) is 12.1 Å². The first-order chi connectivity index (χ1) is 13.0. The Kier molecular flexibility index (Phi) is 4.83. The minimum absolute atomic E-state index is 0.0109. The highest BCUT2D eigenvalue weighted by Crippen LogP contribution is 2.54. The molecule has 0 spiro atoms. The summed E-state index contributed by atoms with van der Waals surface area (Å²) in [5, 5.41) is 0. The topological polar surface area (TPSA) is 0 Å². The van der Waals surface area contributed by atoms with Gasteiger partial charge in [0.25, 0.3) is 0 Å². The van der Waals surface area contributed by atoms with E-state index in [4.69, 9.17) is 0 Å². The molecule has 0 unspecified atom stereocenters. The largest absolute Gasteiger partial charge is 0.207 e. The van der Waals surface area contributed by atoms with E-state index < -0.39 is 23.3 Å². The van der Waals surface area contributed by atoms with Crippen LogP contribution >= 0.6 is 0 Å². The van der Waals surface area contributed by atoms with E-state index in [2.05, 4.69) is 6.08 Å². The highest BCUT2D eigenvalue weighted by Gasteiger charge is 2.43. The molecule has 0 nitrogen and oxygen atoms in total. The molecule has 0 aliphatic heterocycles. The molecule has 2 aromatic rings. The highest BCUT2D eigenvalue weighted by atomic mass is 19.1. The van der Waals surface area contributed by atoms with Gasteiger partial charge in [0.1, 0.15) is 23.3 Å². The maximum atomic E-state index is 14.3. The lowest BCUT2D eigenvalue weighted by Crippen LogP contribution is -2.35. The van der Waals surface area contributed by atoms with Crippen molar-refractivity contribution in [3.8, 4) is 0 Å². The molecule has 2 aliphatic carbocycles. The van der Waals surface area contributed by atoms with Crippen LogP contribution in [0.1, 0.15) is 54.7 Å². The molecule has 2 aliphatic rings. The molecular formula is C23H22F4. The van der Waals surface area contributed by atoms with Crippen molar-refractivity contribution >= 4 is 0 Å². The summed E-state index contributed by atoms with van der Waals surface area (Å²) in [6, 6.07) is 6.11. The average Bonchev–Trinajstić information content (AvgIpc) is 2.60. The predicted octanol–water partition coefficient (Wildman–Crippen LogP) is 6.66. The Balaban J connectivity index is 1.80. The molecule has 0 amide bonds. The van der Waals surface area contributed by atoms with Gasteiger partial charge in [-0.05, 0) is 91.2 Å². The van der Waals surface area contributed by atoms with E-state index >= 15 is 0 Å². The van der Waals surface area contributed by atoms with Crippen molar-refractivity contribution in [2.24, 2.45) is 11.8 Å². The van der Waals surface area contributed by atoms with Crippen LogP contribution in [0, 0.1) is 35.1 Å². The lowest BCUT2D eigenvalue weighted by Gasteiger charge is -2.46. The minimum atomic E-state index is -0.584. The summed E-state index contributed by atoms with van der Waals surface area (Å²) in [4.78, 5) is 0. The van der Waals surface area contributed by atoms with Gasteiger partial charge in [-0.25, -0.2) is 17.6 Å². The Morgan fingerprint density at radius 1 is 0.852 bits per heavy atom. The van der Waals surface area contributed by atoms with E-state index in [1.165, 1.54) is 18.2 Å². The van der Waals surface area contributed by atoms with Crippen molar-refractivity contribution in [2.45, 2.75) is 44.4 Å². The quantitative estimate of drug-likeness (QED) is 0.407. The number of rotatable bonds is 2. The molecule has 4 rings (SSSR count). The minimum Gasteiger partial charge on any atom is -0.207 e. The smallest absolute Gasteiger partial charge is 0.129 e. The zero-order chi connectivity index (χ0) is 19.1. The Morgan fingerprint density at radius 2 is 1.56 bits per heavy atom. The van der Waals surface area contributed by atoms with Crippen LogP contribution in [0.4, 0.5) is 17.6 Å². The molecule has 4 atom stereocenters. The molecule has 27 heavy (non-hydrogen) atoms. The maximum Gasteiger partial charge on any atom is 0.129 e. The van der Waals surface area contributed by atoms with Gasteiger partial charge in [0.05, 0.1) is 0 Å². The van der Waals surface area contributed by atoms with Crippen LogP contribution in [0.5, 0.6) is 0 Å². The zero-order valence-corrected chi connectivity index (χ0v) is 15.2. The first-order valence-corrected chi connectivity index (χ1v) is 9.54. The molecule has 2 aromatic carbocycles. The Morgan fingerprint density at radius 3 is 2.26 bits per heavy atom. The first-order valence-electron chi connectivity index (χ1n) is 9.54. The van der Waals surface area contributed by atoms with Gasteiger partial charge in [-0.3, -0.25) is 0 Å². The van der Waals surface area contributed by atoms with Gasteiger partial charge in [-0.1, -0.05) is 12.2 Å². The second-order valence-corrected chi connectivity index (χ2v) is 7.76. The van der Waals surface area contributed by atoms with Crippen molar-refractivity contribution in [1.82, 2.24) is 0 Å². The molecule has 0 saturated heterocycles. The van der Waals surface area contributed by atoms with E-state index in [1.807, 2.05) is 13.0 Å². The van der Waals surface area contributed by atoms with Gasteiger partial charge in [0.2, 0.25) is 0 Å². The van der Waals surface area contributed by atoms with Crippen LogP contribution in [0.15, 0.2) is 42.5 Å². The van der Waals surface area contributed by atoms with E-state index in [1.54, 1.807) is 0 Å². The molecule has 4 heteroatoms. The van der Waals surface area contributed by atoms with Crippen LogP contribution in [0.25, 0.3) is 0 Å². The van der Waals surface area contributed by atoms with E-state index in [0.29, 0.717) is 17.5 Å². The molecule has 0 heterocycles. The number of benzene rings is 2. The predicted molar refractivity (Wildman–Crippen MR) is 97.5 cm³/mol. The van der Waals surface area contributed by atoms with Crippen LogP contribution in [0.2, 0.25) is 0 Å². The number of hydrogen-bond acceptors (Lipinski definition) is 0. The lowest BCUT2D eigenvalue weighted by molar-refractivity contribution is 0.193. The molecule has 0 radical (unpaired) electrons. The van der Waals surface area contributed by atoms with Crippen LogP contribution < -0.4 is 0 Å². The summed E-state index contributed by atoms with van der Waals surface area (Å²) >= 11 is 0. The fraction of sp³-hybridized carbons (Fsp3) is 0.391. The second-order valence-electron chi connectivity index (χ2n) is 7.76. The Hall–Kier alpha value is -2.10. The number of hydrogen-bond donors (Lipinski definition) is 0. The highest BCUT2D eigenvalue weighted by molar-refractivity contribution is 5.38. The number of fused-ring (bicyclic) bond motifs is 3. The van der Waals surface area contributed by atoms with Gasteiger partial charge in [0.15, 0.2) is 0 Å². The summed E-state index contributed by atoms with van der Waals surface area (Å²) in [7, 11) is 0. The van der Waals surface area contributed by atoms with Crippen LogP contribution in [-0.2, 0) is 6.42 Å². The monoisotopic (exact) mass is 374 g/mol. The Labute approximate surface area is 156 Å². The normalized spacial score (nSPS) is 27.4.